The van der Waals surface area contributed by atoms with E-state index in [2.05, 4.69) is 10.3 Å². The molecule has 0 aliphatic carbocycles. The summed E-state index contributed by atoms with van der Waals surface area (Å²) in [7, 11) is 0. The topological polar surface area (TPSA) is 47.6 Å². The van der Waals surface area contributed by atoms with Crippen molar-refractivity contribution in [2.75, 3.05) is 13.2 Å². The number of benzene rings is 1. The van der Waals surface area contributed by atoms with E-state index in [9.17, 15) is 4.79 Å². The van der Waals surface area contributed by atoms with Crippen LogP contribution in [-0.4, -0.2) is 19.1 Å². The first-order chi connectivity index (χ1) is 7.59. The fourth-order valence-electron chi connectivity index (χ4n) is 0.948. The van der Waals surface area contributed by atoms with E-state index in [1.54, 1.807) is 18.2 Å². The summed E-state index contributed by atoms with van der Waals surface area (Å²) >= 11 is 11.6. The quantitative estimate of drug-likeness (QED) is 0.655. The zero-order valence-electron chi connectivity index (χ0n) is 8.63. The average molecular weight is 264 g/mol. The molecule has 0 saturated heterocycles. The van der Waals surface area contributed by atoms with Crippen molar-refractivity contribution in [2.24, 2.45) is 0 Å². The summed E-state index contributed by atoms with van der Waals surface area (Å²) in [6, 6.07) is 4.96. The third-order valence-corrected chi connectivity index (χ3v) is 2.10. The summed E-state index contributed by atoms with van der Waals surface area (Å²) < 4.78 is 5.33. The van der Waals surface area contributed by atoms with Gasteiger partial charge in [-0.2, -0.15) is 0 Å². The first-order valence-electron chi connectivity index (χ1n) is 4.57. The first kappa shape index (κ1) is 13.1. The van der Waals surface area contributed by atoms with Gasteiger partial charge in [0.15, 0.2) is 0 Å². The van der Waals surface area contributed by atoms with Gasteiger partial charge in [0, 0.05) is 11.9 Å². The third kappa shape index (κ3) is 4.70. The highest BCUT2D eigenvalue weighted by atomic mass is 35.5. The Morgan fingerprint density at radius 3 is 2.81 bits per heavy atom. The average Bonchev–Trinajstić information content (AvgIpc) is 2.20. The summed E-state index contributed by atoms with van der Waals surface area (Å²) in [5, 5.41) is 0.996. The number of halogens is 2. The van der Waals surface area contributed by atoms with Crippen LogP contribution < -0.4 is 10.2 Å². The SMILES string of the molecule is CC(=O)ONCCOc1ccc(Cl)cc1Cl. The predicted octanol–water partition coefficient (Wildman–Crippen LogP) is 2.44. The number of nitrogens with one attached hydrogen (secondary N) is 1. The Labute approximate surface area is 103 Å². The molecular weight excluding hydrogens is 253 g/mol. The van der Waals surface area contributed by atoms with Gasteiger partial charge in [0.25, 0.3) is 0 Å². The van der Waals surface area contributed by atoms with Gasteiger partial charge >= 0.3 is 5.97 Å². The number of hydroxylamine groups is 1. The van der Waals surface area contributed by atoms with Crippen LogP contribution in [0, 0.1) is 0 Å². The molecule has 1 aromatic rings. The Bertz CT molecular complexity index is 371. The molecule has 0 aliphatic heterocycles. The van der Waals surface area contributed by atoms with Crippen LogP contribution in [0.3, 0.4) is 0 Å². The molecule has 0 amide bonds. The fourth-order valence-corrected chi connectivity index (χ4v) is 1.41. The summed E-state index contributed by atoms with van der Waals surface area (Å²) in [4.78, 5) is 14.9. The van der Waals surface area contributed by atoms with Gasteiger partial charge in [0.2, 0.25) is 0 Å². The summed E-state index contributed by atoms with van der Waals surface area (Å²) in [5.41, 5.74) is 2.44. The van der Waals surface area contributed by atoms with Gasteiger partial charge in [0.1, 0.15) is 12.4 Å². The smallest absolute Gasteiger partial charge is 0.321 e. The Hall–Kier alpha value is -0.970. The van der Waals surface area contributed by atoms with Gasteiger partial charge < -0.3 is 9.57 Å². The number of carbonyl (C=O) groups excluding carboxylic acids is 1. The minimum Gasteiger partial charge on any atom is -0.491 e. The highest BCUT2D eigenvalue weighted by molar-refractivity contribution is 6.35. The largest absolute Gasteiger partial charge is 0.491 e. The molecule has 1 aromatic carbocycles. The molecule has 88 valence electrons. The van der Waals surface area contributed by atoms with Crippen LogP contribution in [0.2, 0.25) is 10.0 Å². The Balaban J connectivity index is 2.29. The van der Waals surface area contributed by atoms with Crippen molar-refractivity contribution in [3.63, 3.8) is 0 Å². The molecular formula is C10H11Cl2NO3. The van der Waals surface area contributed by atoms with E-state index >= 15 is 0 Å². The van der Waals surface area contributed by atoms with Crippen LogP contribution in [-0.2, 0) is 9.63 Å². The Kier molecular flexibility index (Phi) is 5.38. The third-order valence-electron chi connectivity index (χ3n) is 1.57. The first-order valence-corrected chi connectivity index (χ1v) is 5.33. The highest BCUT2D eigenvalue weighted by Gasteiger charge is 2.01. The number of hydrogen-bond donors (Lipinski definition) is 1. The lowest BCUT2D eigenvalue weighted by Gasteiger charge is -2.08. The molecule has 0 aromatic heterocycles. The number of carbonyl (C=O) groups is 1. The molecule has 0 saturated carbocycles. The second-order valence-corrected chi connectivity index (χ2v) is 3.75. The molecule has 0 aliphatic rings. The highest BCUT2D eigenvalue weighted by Crippen LogP contribution is 2.27. The molecule has 0 heterocycles. The zero-order valence-corrected chi connectivity index (χ0v) is 10.1. The molecule has 4 nitrogen and oxygen atoms in total. The zero-order chi connectivity index (χ0) is 12.0. The summed E-state index contributed by atoms with van der Waals surface area (Å²) in [5.74, 6) is 0.139. The Morgan fingerprint density at radius 2 is 2.19 bits per heavy atom. The summed E-state index contributed by atoms with van der Waals surface area (Å²) in [6.45, 7) is 2.01. The number of rotatable bonds is 5. The van der Waals surface area contributed by atoms with Crippen LogP contribution >= 0.6 is 23.2 Å². The van der Waals surface area contributed by atoms with E-state index in [-0.39, 0.29) is 0 Å². The lowest BCUT2D eigenvalue weighted by molar-refractivity contribution is -0.148. The molecule has 0 bridgehead atoms. The summed E-state index contributed by atoms with van der Waals surface area (Å²) in [6.07, 6.45) is 0. The molecule has 16 heavy (non-hydrogen) atoms. The van der Waals surface area contributed by atoms with Crippen molar-refractivity contribution in [3.05, 3.63) is 28.2 Å². The normalized spacial score (nSPS) is 9.94. The molecule has 0 spiro atoms. The van der Waals surface area contributed by atoms with Crippen LogP contribution in [0.15, 0.2) is 18.2 Å². The molecule has 1 rings (SSSR count). The van der Waals surface area contributed by atoms with Crippen molar-refractivity contribution >= 4 is 29.2 Å². The second-order valence-electron chi connectivity index (χ2n) is 2.91. The van der Waals surface area contributed by atoms with Gasteiger partial charge in [-0.25, -0.2) is 0 Å². The van der Waals surface area contributed by atoms with Gasteiger partial charge in [-0.3, -0.25) is 4.79 Å². The molecule has 1 N–H and O–H groups in total. The minimum absolute atomic E-state index is 0.328. The van der Waals surface area contributed by atoms with Crippen molar-refractivity contribution in [1.29, 1.82) is 0 Å². The molecule has 0 unspecified atom stereocenters. The van der Waals surface area contributed by atoms with E-state index in [0.29, 0.717) is 28.9 Å². The van der Waals surface area contributed by atoms with Crippen LogP contribution in [0.25, 0.3) is 0 Å². The van der Waals surface area contributed by atoms with Gasteiger partial charge in [0.05, 0.1) is 11.6 Å². The van der Waals surface area contributed by atoms with Crippen LogP contribution in [0.5, 0.6) is 5.75 Å². The van der Waals surface area contributed by atoms with Crippen molar-refractivity contribution < 1.29 is 14.4 Å². The van der Waals surface area contributed by atoms with Crippen molar-refractivity contribution in [1.82, 2.24) is 5.48 Å². The maximum Gasteiger partial charge on any atom is 0.321 e. The predicted molar refractivity (Wildman–Crippen MR) is 61.7 cm³/mol. The van der Waals surface area contributed by atoms with Crippen LogP contribution in [0.1, 0.15) is 6.92 Å². The molecule has 6 heteroatoms. The Morgan fingerprint density at radius 1 is 1.44 bits per heavy atom. The lowest BCUT2D eigenvalue weighted by atomic mass is 10.3. The van der Waals surface area contributed by atoms with E-state index in [1.807, 2.05) is 0 Å². The maximum atomic E-state index is 10.4. The number of ether oxygens (including phenoxy) is 1. The van der Waals surface area contributed by atoms with Gasteiger partial charge in [-0.15, -0.1) is 5.48 Å². The standard InChI is InChI=1S/C10H11Cl2NO3/c1-7(14)16-13-4-5-15-10-3-2-8(11)6-9(10)12/h2-3,6,13H,4-5H2,1H3. The fraction of sp³-hybridized carbons (Fsp3) is 0.300. The van der Waals surface area contributed by atoms with Crippen molar-refractivity contribution in [2.45, 2.75) is 6.92 Å². The monoisotopic (exact) mass is 263 g/mol. The lowest BCUT2D eigenvalue weighted by Crippen LogP contribution is -2.23. The minimum atomic E-state index is -0.399. The van der Waals surface area contributed by atoms with Crippen LogP contribution in [0.4, 0.5) is 0 Å². The maximum absolute atomic E-state index is 10.4. The van der Waals surface area contributed by atoms with E-state index < -0.39 is 5.97 Å². The molecule has 0 radical (unpaired) electrons. The number of hydrogen-bond acceptors (Lipinski definition) is 4. The van der Waals surface area contributed by atoms with Crippen molar-refractivity contribution in [3.8, 4) is 5.75 Å². The molecule has 0 fully saturated rings. The van der Waals surface area contributed by atoms with E-state index in [0.717, 1.165) is 0 Å². The van der Waals surface area contributed by atoms with E-state index in [4.69, 9.17) is 27.9 Å². The molecule has 0 atom stereocenters. The van der Waals surface area contributed by atoms with E-state index in [1.165, 1.54) is 6.92 Å². The van der Waals surface area contributed by atoms with Gasteiger partial charge in [-0.1, -0.05) is 23.2 Å². The second kappa shape index (κ2) is 6.58. The van der Waals surface area contributed by atoms with Gasteiger partial charge in [-0.05, 0) is 18.2 Å².